The number of hydrogen-bond acceptors (Lipinski definition) is 4. The molecule has 118 valence electrons. The molecule has 0 atom stereocenters. The second-order valence-corrected chi connectivity index (χ2v) is 8.06. The van der Waals surface area contributed by atoms with E-state index in [0.717, 1.165) is 0 Å². The van der Waals surface area contributed by atoms with Gasteiger partial charge in [0, 0.05) is 40.4 Å². The molecule has 8 heteroatoms. The molecule has 0 fully saturated rings. The van der Waals surface area contributed by atoms with Crippen molar-refractivity contribution in [1.29, 1.82) is 0 Å². The SMILES string of the molecule is COCCN(C(=O)c1ccc(Br)c(S(=O)(=O)Cl)c1)C(C)C. The smallest absolute Gasteiger partial charge is 0.262 e. The third-order valence-electron chi connectivity index (χ3n) is 2.86. The van der Waals surface area contributed by atoms with Gasteiger partial charge in [0.15, 0.2) is 0 Å². The number of nitrogens with zero attached hydrogens (tertiary/aromatic N) is 1. The van der Waals surface area contributed by atoms with Crippen LogP contribution in [0.15, 0.2) is 27.6 Å². The second-order valence-electron chi connectivity index (χ2n) is 4.67. The lowest BCUT2D eigenvalue weighted by Gasteiger charge is -2.26. The van der Waals surface area contributed by atoms with Gasteiger partial charge in [0.05, 0.1) is 11.5 Å². The molecule has 0 aliphatic carbocycles. The van der Waals surface area contributed by atoms with Gasteiger partial charge in [0.1, 0.15) is 0 Å². The first-order chi connectivity index (χ1) is 9.68. The Morgan fingerprint density at radius 1 is 1.43 bits per heavy atom. The van der Waals surface area contributed by atoms with Gasteiger partial charge in [-0.25, -0.2) is 8.42 Å². The van der Waals surface area contributed by atoms with Crippen LogP contribution in [0.2, 0.25) is 0 Å². The fourth-order valence-corrected chi connectivity index (χ4v) is 3.89. The molecule has 1 amide bonds. The molecule has 0 bridgehead atoms. The standard InChI is InChI=1S/C13H17BrClNO4S/c1-9(2)16(6-7-20-3)13(17)10-4-5-11(14)12(8-10)21(15,18)19/h4-5,8-9H,6-7H2,1-3H3. The summed E-state index contributed by atoms with van der Waals surface area (Å²) in [7, 11) is 3.00. The highest BCUT2D eigenvalue weighted by Crippen LogP contribution is 2.26. The van der Waals surface area contributed by atoms with Crippen molar-refractivity contribution in [2.45, 2.75) is 24.8 Å². The maximum absolute atomic E-state index is 12.5. The lowest BCUT2D eigenvalue weighted by Crippen LogP contribution is -2.39. The van der Waals surface area contributed by atoms with E-state index in [0.29, 0.717) is 17.6 Å². The van der Waals surface area contributed by atoms with Crippen LogP contribution in [0, 0.1) is 0 Å². The van der Waals surface area contributed by atoms with Crippen molar-refractivity contribution in [3.05, 3.63) is 28.2 Å². The molecule has 0 heterocycles. The average Bonchev–Trinajstić information content (AvgIpc) is 2.37. The summed E-state index contributed by atoms with van der Waals surface area (Å²) in [6.07, 6.45) is 0. The molecule has 0 aromatic heterocycles. The number of methoxy groups -OCH3 is 1. The zero-order valence-electron chi connectivity index (χ0n) is 12.0. The predicted molar refractivity (Wildman–Crippen MR) is 85.2 cm³/mol. The van der Waals surface area contributed by atoms with Crippen LogP contribution in [0.25, 0.3) is 0 Å². The summed E-state index contributed by atoms with van der Waals surface area (Å²) in [5.41, 5.74) is 0.266. The summed E-state index contributed by atoms with van der Waals surface area (Å²) < 4.78 is 28.3. The zero-order valence-corrected chi connectivity index (χ0v) is 15.1. The number of hydrogen-bond donors (Lipinski definition) is 0. The Hall–Kier alpha value is -0.630. The quantitative estimate of drug-likeness (QED) is 0.691. The van der Waals surface area contributed by atoms with Crippen molar-refractivity contribution in [3.63, 3.8) is 0 Å². The minimum atomic E-state index is -3.92. The zero-order chi connectivity index (χ0) is 16.2. The van der Waals surface area contributed by atoms with Gasteiger partial charge in [-0.05, 0) is 48.0 Å². The van der Waals surface area contributed by atoms with Crippen molar-refractivity contribution in [2.75, 3.05) is 20.3 Å². The maximum Gasteiger partial charge on any atom is 0.262 e. The molecule has 5 nitrogen and oxygen atoms in total. The van der Waals surface area contributed by atoms with E-state index in [1.807, 2.05) is 13.8 Å². The topological polar surface area (TPSA) is 63.7 Å². The van der Waals surface area contributed by atoms with Crippen LogP contribution in [0.1, 0.15) is 24.2 Å². The molecule has 0 unspecified atom stereocenters. The fourth-order valence-electron chi connectivity index (χ4n) is 1.77. The molecule has 0 N–H and O–H groups in total. The van der Waals surface area contributed by atoms with E-state index >= 15 is 0 Å². The van der Waals surface area contributed by atoms with Crippen LogP contribution >= 0.6 is 26.6 Å². The Morgan fingerprint density at radius 2 is 2.05 bits per heavy atom. The van der Waals surface area contributed by atoms with Gasteiger partial charge in [0.2, 0.25) is 0 Å². The van der Waals surface area contributed by atoms with Crippen LogP contribution in [-0.2, 0) is 13.8 Å². The average molecular weight is 399 g/mol. The molecular weight excluding hydrogens is 382 g/mol. The summed E-state index contributed by atoms with van der Waals surface area (Å²) in [6.45, 7) is 4.59. The molecule has 0 spiro atoms. The Bertz CT molecular complexity index is 619. The first-order valence-electron chi connectivity index (χ1n) is 6.22. The van der Waals surface area contributed by atoms with Gasteiger partial charge in [-0.1, -0.05) is 0 Å². The number of carbonyl (C=O) groups excluding carboxylic acids is 1. The van der Waals surface area contributed by atoms with Gasteiger partial charge in [-0.3, -0.25) is 4.79 Å². The Morgan fingerprint density at radius 3 is 2.52 bits per heavy atom. The third-order valence-corrected chi connectivity index (χ3v) is 5.18. The largest absolute Gasteiger partial charge is 0.383 e. The van der Waals surface area contributed by atoms with Gasteiger partial charge < -0.3 is 9.64 Å². The van der Waals surface area contributed by atoms with Crippen LogP contribution in [0.4, 0.5) is 0 Å². The number of ether oxygens (including phenoxy) is 1. The van der Waals surface area contributed by atoms with Crippen LogP contribution < -0.4 is 0 Å². The number of carbonyl (C=O) groups is 1. The van der Waals surface area contributed by atoms with Gasteiger partial charge in [0.25, 0.3) is 15.0 Å². The van der Waals surface area contributed by atoms with E-state index in [9.17, 15) is 13.2 Å². The van der Waals surface area contributed by atoms with Crippen LogP contribution in [0.3, 0.4) is 0 Å². The summed E-state index contributed by atoms with van der Waals surface area (Å²) in [4.78, 5) is 14.0. The lowest BCUT2D eigenvalue weighted by atomic mass is 10.1. The number of benzene rings is 1. The van der Waals surface area contributed by atoms with E-state index in [1.54, 1.807) is 18.1 Å². The number of amides is 1. The van der Waals surface area contributed by atoms with E-state index in [1.165, 1.54) is 12.1 Å². The summed E-state index contributed by atoms with van der Waals surface area (Å²) in [5, 5.41) is 0. The Kier molecular flexibility index (Phi) is 6.65. The third kappa shape index (κ3) is 4.95. The predicted octanol–water partition coefficient (Wildman–Crippen LogP) is 2.87. The monoisotopic (exact) mass is 397 g/mol. The molecule has 1 rings (SSSR count). The van der Waals surface area contributed by atoms with Crippen LogP contribution in [0.5, 0.6) is 0 Å². The molecule has 1 aromatic rings. The molecule has 0 aliphatic rings. The summed E-state index contributed by atoms with van der Waals surface area (Å²) in [6, 6.07) is 4.29. The van der Waals surface area contributed by atoms with Gasteiger partial charge >= 0.3 is 0 Å². The molecule has 0 radical (unpaired) electrons. The molecular formula is C13H17BrClNO4S. The highest BCUT2D eigenvalue weighted by molar-refractivity contribution is 9.10. The van der Waals surface area contributed by atoms with Crippen LogP contribution in [-0.4, -0.2) is 45.5 Å². The van der Waals surface area contributed by atoms with E-state index in [2.05, 4.69) is 15.9 Å². The minimum Gasteiger partial charge on any atom is -0.383 e. The summed E-state index contributed by atoms with van der Waals surface area (Å²) in [5.74, 6) is -0.267. The fraction of sp³-hybridized carbons (Fsp3) is 0.462. The molecule has 0 saturated carbocycles. The van der Waals surface area contributed by atoms with Gasteiger partial charge in [-0.2, -0.15) is 0 Å². The van der Waals surface area contributed by atoms with E-state index < -0.39 is 9.05 Å². The minimum absolute atomic E-state index is 0.0349. The highest BCUT2D eigenvalue weighted by Gasteiger charge is 2.22. The van der Waals surface area contributed by atoms with Gasteiger partial charge in [-0.15, -0.1) is 0 Å². The van der Waals surface area contributed by atoms with Crippen molar-refractivity contribution in [2.24, 2.45) is 0 Å². The van der Waals surface area contributed by atoms with E-state index in [-0.39, 0.29) is 22.4 Å². The van der Waals surface area contributed by atoms with Crippen molar-refractivity contribution < 1.29 is 17.9 Å². The van der Waals surface area contributed by atoms with Crippen molar-refractivity contribution in [3.8, 4) is 0 Å². The van der Waals surface area contributed by atoms with E-state index in [4.69, 9.17) is 15.4 Å². The lowest BCUT2D eigenvalue weighted by molar-refractivity contribution is 0.0634. The number of halogens is 2. The maximum atomic E-state index is 12.5. The molecule has 0 aliphatic heterocycles. The first-order valence-corrected chi connectivity index (χ1v) is 9.32. The highest BCUT2D eigenvalue weighted by atomic mass is 79.9. The molecule has 0 saturated heterocycles. The molecule has 1 aromatic carbocycles. The molecule has 21 heavy (non-hydrogen) atoms. The normalized spacial score (nSPS) is 11.7. The Labute approximate surface area is 137 Å². The van der Waals surface area contributed by atoms with Crippen molar-refractivity contribution in [1.82, 2.24) is 4.90 Å². The van der Waals surface area contributed by atoms with Crippen molar-refractivity contribution >= 4 is 41.6 Å². The number of rotatable bonds is 6. The Balaban J connectivity index is 3.17. The summed E-state index contributed by atoms with van der Waals surface area (Å²) >= 11 is 3.11. The first kappa shape index (κ1) is 18.4. The second kappa shape index (κ2) is 7.58.